The number of benzene rings is 1. The minimum atomic E-state index is -0.485. The number of carbonyl (C=O) groups is 1. The largest absolute Gasteiger partial charge is 0.444 e. The number of piperidine rings is 1. The fraction of sp³-hybridized carbons (Fsp3) is 0.632. The van der Waals surface area contributed by atoms with Crippen molar-refractivity contribution in [2.75, 3.05) is 5.32 Å². The summed E-state index contributed by atoms with van der Waals surface area (Å²) in [4.78, 5) is 24.9. The van der Waals surface area contributed by atoms with Crippen molar-refractivity contribution < 1.29 is 14.5 Å². The zero-order valence-electron chi connectivity index (χ0n) is 15.8. The van der Waals surface area contributed by atoms with Gasteiger partial charge in [-0.15, -0.1) is 0 Å². The Bertz CT molecular complexity index is 699. The molecule has 142 valence electrons. The number of fused-ring (bicyclic) bond motifs is 2. The van der Waals surface area contributed by atoms with Gasteiger partial charge in [0.05, 0.1) is 4.92 Å². The van der Waals surface area contributed by atoms with Gasteiger partial charge in [-0.3, -0.25) is 10.1 Å². The topological polar surface area (TPSA) is 84.7 Å². The van der Waals surface area contributed by atoms with E-state index in [1.165, 1.54) is 6.07 Å². The molecule has 0 radical (unpaired) electrons. The Balaban J connectivity index is 1.66. The van der Waals surface area contributed by atoms with Gasteiger partial charge in [-0.1, -0.05) is 0 Å². The Morgan fingerprint density at radius 2 is 1.88 bits per heavy atom. The monoisotopic (exact) mass is 361 g/mol. The summed E-state index contributed by atoms with van der Waals surface area (Å²) in [5, 5.41) is 14.4. The third-order valence-electron chi connectivity index (χ3n) is 5.12. The summed E-state index contributed by atoms with van der Waals surface area (Å²) >= 11 is 0. The number of rotatable bonds is 3. The summed E-state index contributed by atoms with van der Waals surface area (Å²) in [6.45, 7) is 7.54. The van der Waals surface area contributed by atoms with E-state index in [9.17, 15) is 14.9 Å². The molecule has 2 unspecified atom stereocenters. The lowest BCUT2D eigenvalue weighted by Gasteiger charge is -2.40. The van der Waals surface area contributed by atoms with Crippen LogP contribution in [0.15, 0.2) is 18.2 Å². The van der Waals surface area contributed by atoms with Gasteiger partial charge in [0, 0.05) is 35.9 Å². The van der Waals surface area contributed by atoms with E-state index >= 15 is 0 Å². The van der Waals surface area contributed by atoms with Crippen LogP contribution in [0.5, 0.6) is 0 Å². The highest BCUT2D eigenvalue weighted by molar-refractivity contribution is 5.70. The molecule has 7 nitrogen and oxygen atoms in total. The maximum atomic E-state index is 12.5. The van der Waals surface area contributed by atoms with E-state index in [0.29, 0.717) is 0 Å². The van der Waals surface area contributed by atoms with Crippen molar-refractivity contribution in [2.45, 2.75) is 77.1 Å². The zero-order chi connectivity index (χ0) is 19.1. The Labute approximate surface area is 153 Å². The van der Waals surface area contributed by atoms with Gasteiger partial charge >= 0.3 is 6.09 Å². The average Bonchev–Trinajstić information content (AvgIpc) is 2.79. The Hall–Kier alpha value is -2.31. The Morgan fingerprint density at radius 3 is 2.38 bits per heavy atom. The van der Waals surface area contributed by atoms with Crippen molar-refractivity contribution in [2.24, 2.45) is 0 Å². The summed E-state index contributed by atoms with van der Waals surface area (Å²) in [6.07, 6.45) is 3.52. The van der Waals surface area contributed by atoms with Gasteiger partial charge in [-0.05, 0) is 65.0 Å². The lowest BCUT2D eigenvalue weighted by atomic mass is 9.97. The summed E-state index contributed by atoms with van der Waals surface area (Å²) in [5.74, 6) is 0. The van der Waals surface area contributed by atoms with Crippen molar-refractivity contribution in [1.82, 2.24) is 4.90 Å². The van der Waals surface area contributed by atoms with E-state index in [0.717, 1.165) is 36.9 Å². The van der Waals surface area contributed by atoms with E-state index < -0.39 is 5.60 Å². The number of nitrogens with zero attached hydrogens (tertiary/aromatic N) is 2. The van der Waals surface area contributed by atoms with Gasteiger partial charge in [-0.2, -0.15) is 0 Å². The first-order valence-corrected chi connectivity index (χ1v) is 9.17. The normalized spacial score (nSPS) is 25.1. The van der Waals surface area contributed by atoms with E-state index in [4.69, 9.17) is 4.74 Å². The molecule has 0 aromatic heterocycles. The predicted octanol–water partition coefficient (Wildman–Crippen LogP) is 4.25. The number of amides is 1. The first-order valence-electron chi connectivity index (χ1n) is 9.17. The molecule has 2 bridgehead atoms. The second kappa shape index (κ2) is 6.78. The number of anilines is 1. The van der Waals surface area contributed by atoms with Crippen LogP contribution in [0.3, 0.4) is 0 Å². The highest BCUT2D eigenvalue weighted by Gasteiger charge is 2.44. The quantitative estimate of drug-likeness (QED) is 0.643. The summed E-state index contributed by atoms with van der Waals surface area (Å²) < 4.78 is 5.57. The maximum absolute atomic E-state index is 12.5. The first-order chi connectivity index (χ1) is 12.1. The molecule has 2 saturated heterocycles. The highest BCUT2D eigenvalue weighted by atomic mass is 16.6. The van der Waals surface area contributed by atoms with Crippen molar-refractivity contribution in [3.63, 3.8) is 0 Å². The maximum Gasteiger partial charge on any atom is 0.410 e. The van der Waals surface area contributed by atoms with Gasteiger partial charge < -0.3 is 15.0 Å². The van der Waals surface area contributed by atoms with Crippen LogP contribution in [0.2, 0.25) is 0 Å². The Morgan fingerprint density at radius 1 is 1.27 bits per heavy atom. The molecule has 0 saturated carbocycles. The molecule has 0 aliphatic carbocycles. The van der Waals surface area contributed by atoms with Gasteiger partial charge in [-0.25, -0.2) is 4.79 Å². The van der Waals surface area contributed by atoms with Gasteiger partial charge in [0.25, 0.3) is 5.69 Å². The average molecular weight is 361 g/mol. The molecule has 1 N–H and O–H groups in total. The number of hydrogen-bond acceptors (Lipinski definition) is 5. The van der Waals surface area contributed by atoms with E-state index in [2.05, 4.69) is 5.32 Å². The number of nitro groups is 1. The standard InChI is InChI=1S/C19H27N3O4/c1-12-9-16(22(24)25)7-8-17(12)20-13-10-14-5-6-15(11-13)21(14)18(23)26-19(2,3)4/h7-9,13-15,20H,5-6,10-11H2,1-4H3. The molecular formula is C19H27N3O4. The lowest BCUT2D eigenvalue weighted by molar-refractivity contribution is -0.384. The third kappa shape index (κ3) is 3.92. The number of aryl methyl sites for hydroxylation is 1. The molecule has 2 heterocycles. The second-order valence-corrected chi connectivity index (χ2v) is 8.34. The van der Waals surface area contributed by atoms with Gasteiger partial charge in [0.15, 0.2) is 0 Å². The molecule has 7 heteroatoms. The van der Waals surface area contributed by atoms with Crippen LogP contribution in [0.4, 0.5) is 16.2 Å². The number of hydrogen-bond donors (Lipinski definition) is 1. The minimum absolute atomic E-state index is 0.105. The van der Waals surface area contributed by atoms with Crippen LogP contribution in [0.1, 0.15) is 52.0 Å². The number of ether oxygens (including phenoxy) is 1. The number of carbonyl (C=O) groups excluding carboxylic acids is 1. The van der Waals surface area contributed by atoms with Crippen molar-refractivity contribution in [3.8, 4) is 0 Å². The van der Waals surface area contributed by atoms with Crippen molar-refractivity contribution in [1.29, 1.82) is 0 Å². The number of nitro benzene ring substituents is 1. The van der Waals surface area contributed by atoms with Crippen molar-refractivity contribution >= 4 is 17.5 Å². The molecular weight excluding hydrogens is 334 g/mol. The molecule has 1 aromatic carbocycles. The summed E-state index contributed by atoms with van der Waals surface area (Å²) in [5.41, 5.74) is 1.40. The SMILES string of the molecule is Cc1cc([N+](=O)[O-])ccc1NC1CC2CCC(C1)N2C(=O)OC(C)(C)C. The van der Waals surface area contributed by atoms with E-state index in [-0.39, 0.29) is 34.8 Å². The summed E-state index contributed by atoms with van der Waals surface area (Å²) in [6, 6.07) is 5.53. The minimum Gasteiger partial charge on any atom is -0.444 e. The van der Waals surface area contributed by atoms with E-state index in [1.54, 1.807) is 12.1 Å². The Kier molecular flexibility index (Phi) is 4.82. The predicted molar refractivity (Wildman–Crippen MR) is 99.4 cm³/mol. The van der Waals surface area contributed by atoms with Gasteiger partial charge in [0.2, 0.25) is 0 Å². The fourth-order valence-electron chi connectivity index (χ4n) is 4.05. The lowest BCUT2D eigenvalue weighted by Crippen LogP contribution is -2.51. The molecule has 3 rings (SSSR count). The van der Waals surface area contributed by atoms with Crippen LogP contribution < -0.4 is 5.32 Å². The molecule has 2 aliphatic rings. The number of nitrogens with one attached hydrogen (secondary N) is 1. The molecule has 2 fully saturated rings. The number of non-ortho nitro benzene ring substituents is 1. The van der Waals surface area contributed by atoms with Crippen LogP contribution >= 0.6 is 0 Å². The summed E-state index contributed by atoms with van der Waals surface area (Å²) in [7, 11) is 0. The van der Waals surface area contributed by atoms with Crippen LogP contribution in [-0.2, 0) is 4.74 Å². The molecule has 0 spiro atoms. The van der Waals surface area contributed by atoms with Gasteiger partial charge in [0.1, 0.15) is 5.60 Å². The van der Waals surface area contributed by atoms with Crippen LogP contribution in [-0.4, -0.2) is 39.6 Å². The second-order valence-electron chi connectivity index (χ2n) is 8.34. The molecule has 2 aliphatic heterocycles. The zero-order valence-corrected chi connectivity index (χ0v) is 15.8. The smallest absolute Gasteiger partial charge is 0.410 e. The first kappa shape index (κ1) is 18.5. The fourth-order valence-corrected chi connectivity index (χ4v) is 4.05. The molecule has 1 aromatic rings. The molecule has 26 heavy (non-hydrogen) atoms. The van der Waals surface area contributed by atoms with E-state index in [1.807, 2.05) is 32.6 Å². The highest BCUT2D eigenvalue weighted by Crippen LogP contribution is 2.38. The third-order valence-corrected chi connectivity index (χ3v) is 5.12. The molecule has 2 atom stereocenters. The van der Waals surface area contributed by atoms with Crippen molar-refractivity contribution in [3.05, 3.63) is 33.9 Å². The van der Waals surface area contributed by atoms with Crippen LogP contribution in [0.25, 0.3) is 0 Å². The van der Waals surface area contributed by atoms with Crippen LogP contribution in [0, 0.1) is 17.0 Å². The molecule has 1 amide bonds.